The second kappa shape index (κ2) is 7.05. The van der Waals surface area contributed by atoms with Gasteiger partial charge in [0.15, 0.2) is 5.16 Å². The Labute approximate surface area is 149 Å². The third-order valence-electron chi connectivity index (χ3n) is 3.03. The van der Waals surface area contributed by atoms with E-state index in [1.54, 1.807) is 11.8 Å². The number of fused-ring (bicyclic) bond motifs is 1. The lowest BCUT2D eigenvalue weighted by atomic mass is 10.3. The minimum Gasteiger partial charge on any atom is -0.325 e. The number of benzene rings is 1. The van der Waals surface area contributed by atoms with Crippen LogP contribution in [0.1, 0.15) is 11.3 Å². The number of carbonyl (C=O) groups excluding carboxylic acids is 1. The van der Waals surface area contributed by atoms with Gasteiger partial charge in [0, 0.05) is 26.3 Å². The van der Waals surface area contributed by atoms with E-state index >= 15 is 0 Å². The van der Waals surface area contributed by atoms with Gasteiger partial charge in [-0.3, -0.25) is 9.59 Å². The van der Waals surface area contributed by atoms with Crippen LogP contribution < -0.4 is 10.9 Å². The molecule has 0 fully saturated rings. The Morgan fingerprint density at radius 2 is 2.14 bits per heavy atom. The molecular weight excluding hydrogens is 433 g/mol. The van der Waals surface area contributed by atoms with Gasteiger partial charge in [0.2, 0.25) is 5.91 Å². The average molecular weight is 445 g/mol. The van der Waals surface area contributed by atoms with Crippen LogP contribution >= 0.6 is 46.1 Å². The van der Waals surface area contributed by atoms with Crippen LogP contribution in [0.25, 0.3) is 0 Å². The maximum atomic E-state index is 11.9. The molecule has 5 nitrogen and oxygen atoms in total. The maximum absolute atomic E-state index is 11.9. The molecule has 8 heteroatoms. The topological polar surface area (TPSA) is 74.8 Å². The number of aromatic nitrogens is 2. The fourth-order valence-corrected chi connectivity index (χ4v) is 4.05. The smallest absolute Gasteiger partial charge is 0.255 e. The van der Waals surface area contributed by atoms with E-state index in [1.807, 2.05) is 24.3 Å². The molecule has 0 radical (unpaired) electrons. The molecule has 114 valence electrons. The van der Waals surface area contributed by atoms with Gasteiger partial charge in [0.05, 0.1) is 11.4 Å². The highest BCUT2D eigenvalue weighted by atomic mass is 127. The molecule has 3 rings (SSSR count). The first-order chi connectivity index (χ1) is 10.6. The quantitative estimate of drug-likeness (QED) is 0.430. The first-order valence-corrected chi connectivity index (χ1v) is 9.72. The molecule has 1 amide bonds. The monoisotopic (exact) mass is 445 g/mol. The molecule has 0 aliphatic carbocycles. The summed E-state index contributed by atoms with van der Waals surface area (Å²) in [5, 5.41) is 3.32. The van der Waals surface area contributed by atoms with Crippen LogP contribution in [0.15, 0.2) is 34.2 Å². The molecule has 1 aromatic carbocycles. The van der Waals surface area contributed by atoms with Gasteiger partial charge in [-0.05, 0) is 46.9 Å². The number of nitrogens with zero attached hydrogens (tertiary/aromatic N) is 1. The molecule has 0 spiro atoms. The second-order valence-corrected chi connectivity index (χ2v) is 7.83. The van der Waals surface area contributed by atoms with Crippen molar-refractivity contribution in [2.24, 2.45) is 0 Å². The molecule has 1 aromatic heterocycles. The van der Waals surface area contributed by atoms with Crippen molar-refractivity contribution in [1.29, 1.82) is 0 Å². The van der Waals surface area contributed by atoms with E-state index in [9.17, 15) is 9.59 Å². The Morgan fingerprint density at radius 1 is 1.36 bits per heavy atom. The summed E-state index contributed by atoms with van der Waals surface area (Å²) in [5.74, 6) is 1.57. The number of rotatable bonds is 4. The third kappa shape index (κ3) is 3.85. The van der Waals surface area contributed by atoms with Gasteiger partial charge >= 0.3 is 0 Å². The predicted molar refractivity (Wildman–Crippen MR) is 98.4 cm³/mol. The van der Waals surface area contributed by atoms with Crippen LogP contribution in [-0.2, 0) is 16.3 Å². The predicted octanol–water partition coefficient (Wildman–Crippen LogP) is 2.85. The largest absolute Gasteiger partial charge is 0.325 e. The Hall–Kier alpha value is -1.000. The molecule has 2 aromatic rings. The second-order valence-electron chi connectivity index (χ2n) is 4.63. The number of nitrogens with one attached hydrogen (secondary N) is 2. The van der Waals surface area contributed by atoms with Gasteiger partial charge in [0.25, 0.3) is 5.56 Å². The molecule has 1 aliphatic heterocycles. The summed E-state index contributed by atoms with van der Waals surface area (Å²) >= 11 is 5.13. The van der Waals surface area contributed by atoms with Crippen molar-refractivity contribution in [3.8, 4) is 0 Å². The van der Waals surface area contributed by atoms with Crippen molar-refractivity contribution >= 4 is 57.7 Å². The van der Waals surface area contributed by atoms with Gasteiger partial charge < -0.3 is 10.3 Å². The zero-order valence-electron chi connectivity index (χ0n) is 11.4. The van der Waals surface area contributed by atoms with E-state index < -0.39 is 0 Å². The van der Waals surface area contributed by atoms with Crippen LogP contribution in [0.2, 0.25) is 0 Å². The summed E-state index contributed by atoms with van der Waals surface area (Å²) in [6.45, 7) is 0. The van der Waals surface area contributed by atoms with Crippen molar-refractivity contribution in [3.05, 3.63) is 49.4 Å². The van der Waals surface area contributed by atoms with E-state index in [2.05, 4.69) is 37.9 Å². The van der Waals surface area contributed by atoms with Crippen molar-refractivity contribution in [2.75, 3.05) is 11.1 Å². The number of anilines is 1. The lowest BCUT2D eigenvalue weighted by Crippen LogP contribution is -2.17. The zero-order chi connectivity index (χ0) is 15.5. The average Bonchev–Trinajstić information content (AvgIpc) is 2.97. The number of thioether (sulfide) groups is 2. The lowest BCUT2D eigenvalue weighted by Gasteiger charge is -2.05. The van der Waals surface area contributed by atoms with Crippen LogP contribution in [0, 0.1) is 3.57 Å². The maximum Gasteiger partial charge on any atom is 0.255 e. The molecule has 1 aliphatic rings. The molecule has 22 heavy (non-hydrogen) atoms. The summed E-state index contributed by atoms with van der Waals surface area (Å²) in [6.07, 6.45) is 0. The fraction of sp³-hybridized carbons (Fsp3) is 0.214. The van der Waals surface area contributed by atoms with Crippen molar-refractivity contribution in [2.45, 2.75) is 16.7 Å². The number of aromatic amines is 1. The van der Waals surface area contributed by atoms with Crippen molar-refractivity contribution in [3.63, 3.8) is 0 Å². The van der Waals surface area contributed by atoms with E-state index in [1.165, 1.54) is 11.8 Å². The number of hydrogen-bond acceptors (Lipinski definition) is 5. The van der Waals surface area contributed by atoms with E-state index in [-0.39, 0.29) is 17.2 Å². The van der Waals surface area contributed by atoms with Crippen LogP contribution in [0.3, 0.4) is 0 Å². The Kier molecular flexibility index (Phi) is 5.09. The summed E-state index contributed by atoms with van der Waals surface area (Å²) in [6, 6.07) is 7.58. The third-order valence-corrected chi connectivity index (χ3v) is 5.60. The number of halogens is 1. The number of carbonyl (C=O) groups is 1. The van der Waals surface area contributed by atoms with Gasteiger partial charge in [-0.15, -0.1) is 0 Å². The molecule has 0 saturated carbocycles. The molecule has 0 unspecified atom stereocenters. The zero-order valence-corrected chi connectivity index (χ0v) is 15.2. The van der Waals surface area contributed by atoms with Crippen molar-refractivity contribution < 1.29 is 4.79 Å². The molecule has 0 atom stereocenters. The van der Waals surface area contributed by atoms with Gasteiger partial charge in [-0.25, -0.2) is 4.98 Å². The Morgan fingerprint density at radius 3 is 2.91 bits per heavy atom. The highest BCUT2D eigenvalue weighted by Gasteiger charge is 2.18. The number of amides is 1. The highest BCUT2D eigenvalue weighted by molar-refractivity contribution is 14.1. The first kappa shape index (κ1) is 15.9. The molecule has 2 N–H and O–H groups in total. The molecule has 2 heterocycles. The minimum atomic E-state index is -0.122. The van der Waals surface area contributed by atoms with E-state index in [0.717, 1.165) is 32.0 Å². The van der Waals surface area contributed by atoms with E-state index in [4.69, 9.17) is 0 Å². The van der Waals surface area contributed by atoms with Crippen LogP contribution in [0.5, 0.6) is 0 Å². The standard InChI is InChI=1S/C14H12IN3O2S2/c15-8-1-3-9(4-2-8)16-12(19)7-22-14-17-11-6-21-5-10(11)13(20)18-14/h1-4H,5-7H2,(H,16,19)(H,17,18,20). The highest BCUT2D eigenvalue weighted by Crippen LogP contribution is 2.26. The van der Waals surface area contributed by atoms with Crippen LogP contribution in [0.4, 0.5) is 5.69 Å². The Bertz CT molecular complexity index is 762. The molecule has 0 saturated heterocycles. The van der Waals surface area contributed by atoms with Gasteiger partial charge in [-0.2, -0.15) is 11.8 Å². The molecule has 0 bridgehead atoms. The summed E-state index contributed by atoms with van der Waals surface area (Å²) < 4.78 is 1.11. The number of H-pyrrole nitrogens is 1. The summed E-state index contributed by atoms with van der Waals surface area (Å²) in [7, 11) is 0. The molecular formula is C14H12IN3O2S2. The number of hydrogen-bond donors (Lipinski definition) is 2. The normalized spacial score (nSPS) is 13.0. The summed E-state index contributed by atoms with van der Waals surface area (Å²) in [5.41, 5.74) is 2.28. The fourth-order valence-electron chi connectivity index (χ4n) is 1.97. The SMILES string of the molecule is O=C(CSc1nc2c(c(=O)[nH]1)CSC2)Nc1ccc(I)cc1. The first-order valence-electron chi connectivity index (χ1n) is 6.50. The van der Waals surface area contributed by atoms with Crippen molar-refractivity contribution in [1.82, 2.24) is 9.97 Å². The lowest BCUT2D eigenvalue weighted by molar-refractivity contribution is -0.113. The Balaban J connectivity index is 1.60. The van der Waals surface area contributed by atoms with Crippen LogP contribution in [-0.4, -0.2) is 21.6 Å². The van der Waals surface area contributed by atoms with Gasteiger partial charge in [-0.1, -0.05) is 11.8 Å². The van der Waals surface area contributed by atoms with Gasteiger partial charge in [0.1, 0.15) is 0 Å². The van der Waals surface area contributed by atoms with E-state index in [0.29, 0.717) is 5.16 Å². The minimum absolute atomic E-state index is 0.0875. The summed E-state index contributed by atoms with van der Waals surface area (Å²) in [4.78, 5) is 31.0.